The summed E-state index contributed by atoms with van der Waals surface area (Å²) in [5.74, 6) is 1.49. The standard InChI is InChI=1S/C25H36N2O6S/c1-32-20-7-6-19-14-22-25(29)9-12-26(10-3-13-33-34(2,30)31)23(28)16-24(25,21(19)15-20)8-11-27(22)17-18-4-5-18/h6-7,15,18,22,29H,3-5,8-14,16-17H2,1-2H3. The van der Waals surface area contributed by atoms with Crippen LogP contribution in [0.1, 0.15) is 49.7 Å². The SMILES string of the molecule is COc1ccc2c(c1)C13CCN(CC4CC4)C(C2)C1(O)CCN(CCCOS(C)(=O)=O)C(=O)C3. The van der Waals surface area contributed by atoms with Gasteiger partial charge in [0.2, 0.25) is 5.91 Å². The van der Waals surface area contributed by atoms with E-state index in [0.717, 1.165) is 49.4 Å². The van der Waals surface area contributed by atoms with Gasteiger partial charge in [-0.25, -0.2) is 0 Å². The molecule has 2 bridgehead atoms. The van der Waals surface area contributed by atoms with E-state index in [1.54, 1.807) is 12.0 Å². The Hall–Kier alpha value is -1.68. The number of piperidine rings is 1. The fraction of sp³-hybridized carbons (Fsp3) is 0.720. The van der Waals surface area contributed by atoms with Crippen LogP contribution in [0.15, 0.2) is 18.2 Å². The first kappa shape index (κ1) is 24.0. The summed E-state index contributed by atoms with van der Waals surface area (Å²) in [6, 6.07) is 6.12. The Bertz CT molecular complexity index is 1060. The number of carbonyl (C=O) groups is 1. The maximum atomic E-state index is 13.5. The van der Waals surface area contributed by atoms with Crippen LogP contribution in [0.5, 0.6) is 5.75 Å². The fourth-order valence-corrected chi connectivity index (χ4v) is 7.02. The summed E-state index contributed by atoms with van der Waals surface area (Å²) in [7, 11) is -1.85. The lowest BCUT2D eigenvalue weighted by Gasteiger charge is -2.61. The number of amides is 1. The first-order valence-corrected chi connectivity index (χ1v) is 14.2. The zero-order valence-corrected chi connectivity index (χ0v) is 21.0. The molecule has 3 unspecified atom stereocenters. The number of ether oxygens (including phenoxy) is 1. The van der Waals surface area contributed by atoms with Crippen molar-refractivity contribution in [2.75, 3.05) is 46.2 Å². The number of hydrogen-bond acceptors (Lipinski definition) is 7. The second kappa shape index (κ2) is 8.76. The van der Waals surface area contributed by atoms with E-state index in [1.165, 1.54) is 18.4 Å². The molecule has 1 aromatic rings. The molecule has 34 heavy (non-hydrogen) atoms. The van der Waals surface area contributed by atoms with Gasteiger partial charge in [0.05, 0.1) is 25.6 Å². The predicted molar refractivity (Wildman–Crippen MR) is 127 cm³/mol. The van der Waals surface area contributed by atoms with Crippen molar-refractivity contribution in [2.24, 2.45) is 5.92 Å². The first-order valence-electron chi connectivity index (χ1n) is 12.4. The molecule has 1 amide bonds. The summed E-state index contributed by atoms with van der Waals surface area (Å²) >= 11 is 0. The third kappa shape index (κ3) is 4.25. The molecule has 188 valence electrons. The van der Waals surface area contributed by atoms with E-state index in [-0.39, 0.29) is 25.0 Å². The predicted octanol–water partition coefficient (Wildman–Crippen LogP) is 1.69. The lowest BCUT2D eigenvalue weighted by molar-refractivity contribution is -0.153. The molecule has 2 saturated heterocycles. The Labute approximate surface area is 202 Å². The molecule has 4 aliphatic rings. The van der Waals surface area contributed by atoms with Crippen molar-refractivity contribution in [3.8, 4) is 5.75 Å². The van der Waals surface area contributed by atoms with Crippen LogP contribution in [0.3, 0.4) is 0 Å². The van der Waals surface area contributed by atoms with Gasteiger partial charge in [-0.3, -0.25) is 13.9 Å². The summed E-state index contributed by atoms with van der Waals surface area (Å²) in [4.78, 5) is 17.8. The van der Waals surface area contributed by atoms with Gasteiger partial charge in [-0.2, -0.15) is 8.42 Å². The van der Waals surface area contributed by atoms with E-state index < -0.39 is 21.1 Å². The van der Waals surface area contributed by atoms with Crippen molar-refractivity contribution in [3.05, 3.63) is 29.3 Å². The summed E-state index contributed by atoms with van der Waals surface area (Å²) in [5, 5.41) is 12.5. The molecule has 2 aliphatic heterocycles. The molecule has 0 radical (unpaired) electrons. The number of carbonyl (C=O) groups excluding carboxylic acids is 1. The van der Waals surface area contributed by atoms with Gasteiger partial charge in [0.25, 0.3) is 10.1 Å². The third-order valence-electron chi connectivity index (χ3n) is 8.52. The van der Waals surface area contributed by atoms with Crippen molar-refractivity contribution in [1.29, 1.82) is 0 Å². The Kier molecular flexibility index (Phi) is 6.19. The van der Waals surface area contributed by atoms with Crippen molar-refractivity contribution in [3.63, 3.8) is 0 Å². The van der Waals surface area contributed by atoms with Crippen LogP contribution in [-0.2, 0) is 30.9 Å². The lowest BCUT2D eigenvalue weighted by atomic mass is 9.52. The number of fused-ring (bicyclic) bond motifs is 1. The van der Waals surface area contributed by atoms with Crippen LogP contribution in [-0.4, -0.2) is 87.0 Å². The molecule has 2 heterocycles. The minimum atomic E-state index is -3.50. The van der Waals surface area contributed by atoms with Gasteiger partial charge in [0.15, 0.2) is 0 Å². The number of methoxy groups -OCH3 is 1. The van der Waals surface area contributed by atoms with Crippen molar-refractivity contribution >= 4 is 16.0 Å². The van der Waals surface area contributed by atoms with Crippen LogP contribution in [0.2, 0.25) is 0 Å². The van der Waals surface area contributed by atoms with Gasteiger partial charge in [-0.15, -0.1) is 0 Å². The molecule has 8 nitrogen and oxygen atoms in total. The highest BCUT2D eigenvalue weighted by Crippen LogP contribution is 2.57. The van der Waals surface area contributed by atoms with Crippen LogP contribution in [0.25, 0.3) is 0 Å². The zero-order chi connectivity index (χ0) is 24.1. The summed E-state index contributed by atoms with van der Waals surface area (Å²) in [6.07, 6.45) is 6.28. The van der Waals surface area contributed by atoms with Gasteiger partial charge in [0.1, 0.15) is 5.75 Å². The number of hydrogen-bond donors (Lipinski definition) is 1. The van der Waals surface area contributed by atoms with Gasteiger partial charge in [0, 0.05) is 37.5 Å². The molecular formula is C25H36N2O6S. The number of nitrogens with zero attached hydrogens (tertiary/aromatic N) is 2. The van der Waals surface area contributed by atoms with Gasteiger partial charge < -0.3 is 14.7 Å². The first-order chi connectivity index (χ1) is 16.1. The molecule has 2 aliphatic carbocycles. The maximum Gasteiger partial charge on any atom is 0.264 e. The summed E-state index contributed by atoms with van der Waals surface area (Å²) in [5.41, 5.74) is 0.619. The fourth-order valence-electron chi connectivity index (χ4n) is 6.60. The maximum absolute atomic E-state index is 13.5. The Morgan fingerprint density at radius 2 is 2.00 bits per heavy atom. The number of aliphatic hydroxyl groups is 1. The number of benzene rings is 1. The Morgan fingerprint density at radius 1 is 1.21 bits per heavy atom. The molecule has 1 aromatic carbocycles. The van der Waals surface area contributed by atoms with E-state index in [0.29, 0.717) is 25.9 Å². The lowest BCUT2D eigenvalue weighted by Crippen LogP contribution is -2.71. The van der Waals surface area contributed by atoms with Gasteiger partial charge in [-0.1, -0.05) is 6.07 Å². The summed E-state index contributed by atoms with van der Waals surface area (Å²) < 4.78 is 32.9. The summed E-state index contributed by atoms with van der Waals surface area (Å²) in [6.45, 7) is 2.84. The topological polar surface area (TPSA) is 96.4 Å². The zero-order valence-electron chi connectivity index (χ0n) is 20.2. The molecule has 9 heteroatoms. The second-order valence-electron chi connectivity index (χ2n) is 10.6. The molecule has 0 aromatic heterocycles. The van der Waals surface area contributed by atoms with Crippen LogP contribution >= 0.6 is 0 Å². The highest BCUT2D eigenvalue weighted by Gasteiger charge is 2.64. The Morgan fingerprint density at radius 3 is 2.71 bits per heavy atom. The van der Waals surface area contributed by atoms with Crippen molar-refractivity contribution < 1.29 is 27.2 Å². The van der Waals surface area contributed by atoms with Gasteiger partial charge >= 0.3 is 0 Å². The van der Waals surface area contributed by atoms with E-state index >= 15 is 0 Å². The van der Waals surface area contributed by atoms with Crippen LogP contribution < -0.4 is 4.74 Å². The molecule has 1 saturated carbocycles. The third-order valence-corrected chi connectivity index (χ3v) is 9.12. The normalized spacial score (nSPS) is 31.6. The van der Waals surface area contributed by atoms with Crippen LogP contribution in [0.4, 0.5) is 0 Å². The highest BCUT2D eigenvalue weighted by atomic mass is 32.2. The van der Waals surface area contributed by atoms with Crippen molar-refractivity contribution in [1.82, 2.24) is 9.80 Å². The molecule has 1 N–H and O–H groups in total. The quantitative estimate of drug-likeness (QED) is 0.436. The van der Waals surface area contributed by atoms with E-state index in [2.05, 4.69) is 11.0 Å². The minimum absolute atomic E-state index is 0.0101. The van der Waals surface area contributed by atoms with E-state index in [4.69, 9.17) is 8.92 Å². The second-order valence-corrected chi connectivity index (χ2v) is 12.3. The monoisotopic (exact) mass is 492 g/mol. The number of rotatable bonds is 8. The van der Waals surface area contributed by atoms with E-state index in [1.807, 2.05) is 12.1 Å². The molecule has 5 rings (SSSR count). The molecular weight excluding hydrogens is 456 g/mol. The average Bonchev–Trinajstić information content (AvgIpc) is 3.60. The Balaban J connectivity index is 1.46. The largest absolute Gasteiger partial charge is 0.497 e. The smallest absolute Gasteiger partial charge is 0.264 e. The molecule has 3 atom stereocenters. The van der Waals surface area contributed by atoms with Gasteiger partial charge in [-0.05, 0) is 74.2 Å². The average molecular weight is 493 g/mol. The number of likely N-dealkylation sites (tertiary alicyclic amines) is 2. The van der Waals surface area contributed by atoms with Crippen molar-refractivity contribution in [2.45, 2.75) is 62.0 Å². The van der Waals surface area contributed by atoms with Crippen LogP contribution in [0, 0.1) is 5.92 Å². The highest BCUT2D eigenvalue weighted by molar-refractivity contribution is 7.85. The minimum Gasteiger partial charge on any atom is -0.497 e. The van der Waals surface area contributed by atoms with E-state index in [9.17, 15) is 18.3 Å². The molecule has 0 spiro atoms. The molecule has 3 fully saturated rings.